The van der Waals surface area contributed by atoms with Crippen molar-refractivity contribution in [2.24, 2.45) is 5.92 Å². The molecule has 0 amide bonds. The van der Waals surface area contributed by atoms with Gasteiger partial charge in [-0.3, -0.25) is 0 Å². The molecule has 1 rings (SSSR count). The van der Waals surface area contributed by atoms with E-state index in [0.717, 1.165) is 10.0 Å². The van der Waals surface area contributed by atoms with Gasteiger partial charge in [0.1, 0.15) is 5.75 Å². The van der Waals surface area contributed by atoms with Gasteiger partial charge in [-0.25, -0.2) is 0 Å². The molecule has 0 saturated carbocycles. The van der Waals surface area contributed by atoms with Crippen LogP contribution < -0.4 is 4.74 Å². The number of alkyl halides is 3. The molecule has 1 aromatic rings. The van der Waals surface area contributed by atoms with Crippen molar-refractivity contribution in [3.63, 3.8) is 0 Å². The summed E-state index contributed by atoms with van der Waals surface area (Å²) in [5.41, 5.74) is 1.76. The second-order valence-electron chi connectivity index (χ2n) is 4.07. The number of benzene rings is 1. The molecule has 0 aliphatic rings. The fourth-order valence-electron chi connectivity index (χ4n) is 1.39. The van der Waals surface area contributed by atoms with Gasteiger partial charge >= 0.3 is 6.61 Å². The molecule has 0 bridgehead atoms. The summed E-state index contributed by atoms with van der Waals surface area (Å²) in [6, 6.07) is 4.98. The van der Waals surface area contributed by atoms with E-state index in [0.29, 0.717) is 16.8 Å². The Bertz CT molecular complexity index is 431. The minimum atomic E-state index is -2.82. The molecule has 0 aliphatic heterocycles. The minimum absolute atomic E-state index is 0.187. The van der Waals surface area contributed by atoms with Gasteiger partial charge in [0.2, 0.25) is 0 Å². The molecule has 0 heterocycles. The molecule has 0 spiro atoms. The van der Waals surface area contributed by atoms with Crippen molar-refractivity contribution < 1.29 is 13.5 Å². The largest absolute Gasteiger partial charge is 0.434 e. The maximum atomic E-state index is 12.3. The highest BCUT2D eigenvalue weighted by molar-refractivity contribution is 9.10. The van der Waals surface area contributed by atoms with Gasteiger partial charge in [0, 0.05) is 15.4 Å². The van der Waals surface area contributed by atoms with E-state index in [-0.39, 0.29) is 5.75 Å². The summed E-state index contributed by atoms with van der Waals surface area (Å²) in [5, 5.41) is 0.700. The second-order valence-corrected chi connectivity index (χ2v) is 5.54. The zero-order valence-electron chi connectivity index (χ0n) is 10.1. The average molecular weight is 384 g/mol. The van der Waals surface area contributed by atoms with E-state index >= 15 is 0 Å². The first-order valence-corrected chi connectivity index (χ1v) is 7.36. The van der Waals surface area contributed by atoms with Crippen molar-refractivity contribution in [1.29, 1.82) is 0 Å². The lowest BCUT2D eigenvalue weighted by atomic mass is 10.0. The van der Waals surface area contributed by atoms with E-state index in [2.05, 4.69) is 50.4 Å². The van der Waals surface area contributed by atoms with Crippen LogP contribution in [0.15, 0.2) is 28.2 Å². The number of ether oxygens (including phenoxy) is 1. The summed E-state index contributed by atoms with van der Waals surface area (Å²) in [6.07, 6.45) is 1.88. The summed E-state index contributed by atoms with van der Waals surface area (Å²) in [6.45, 7) is 1.29. The van der Waals surface area contributed by atoms with Gasteiger partial charge in [0.25, 0.3) is 0 Å². The predicted octanol–water partition coefficient (Wildman–Crippen LogP) is 5.48. The Kier molecular flexibility index (Phi) is 6.29. The molecule has 0 atom stereocenters. The minimum Gasteiger partial charge on any atom is -0.434 e. The monoisotopic (exact) mass is 382 g/mol. The molecule has 1 aromatic carbocycles. The van der Waals surface area contributed by atoms with Gasteiger partial charge in [-0.15, -0.1) is 0 Å². The molecule has 5 heteroatoms. The molecule has 0 saturated heterocycles. The number of rotatable bonds is 5. The molecule has 1 nitrogen and oxygen atoms in total. The van der Waals surface area contributed by atoms with E-state index in [1.165, 1.54) is 6.07 Å². The van der Waals surface area contributed by atoms with Crippen LogP contribution in [0.4, 0.5) is 8.78 Å². The van der Waals surface area contributed by atoms with Gasteiger partial charge in [0.15, 0.2) is 0 Å². The Hall–Kier alpha value is -0.420. The maximum absolute atomic E-state index is 12.3. The summed E-state index contributed by atoms with van der Waals surface area (Å²) < 4.78 is 30.0. The van der Waals surface area contributed by atoms with Gasteiger partial charge in [-0.1, -0.05) is 57.4 Å². The Morgan fingerprint density at radius 3 is 2.56 bits per heavy atom. The van der Waals surface area contributed by atoms with Crippen LogP contribution in [0, 0.1) is 5.92 Å². The van der Waals surface area contributed by atoms with Crippen molar-refractivity contribution in [1.82, 2.24) is 0 Å². The van der Waals surface area contributed by atoms with E-state index in [9.17, 15) is 8.78 Å². The smallest absolute Gasteiger partial charge is 0.387 e. The van der Waals surface area contributed by atoms with Crippen molar-refractivity contribution in [3.8, 4) is 5.75 Å². The Morgan fingerprint density at radius 1 is 1.39 bits per heavy atom. The SMILES string of the molecule is CC(C)C(=Cc1cc(Br)ccc1OC(F)F)CBr. The molecule has 0 aromatic heterocycles. The van der Waals surface area contributed by atoms with Crippen LogP contribution in [0.25, 0.3) is 6.08 Å². The third-order valence-electron chi connectivity index (χ3n) is 2.42. The highest BCUT2D eigenvalue weighted by atomic mass is 79.9. The standard InChI is InChI=1S/C13H14Br2F2O/c1-8(2)10(7-14)5-9-6-11(15)3-4-12(9)18-13(16)17/h3-6,8,13H,7H2,1-2H3. The molecular weight excluding hydrogens is 370 g/mol. The molecule has 18 heavy (non-hydrogen) atoms. The summed E-state index contributed by atoms with van der Waals surface area (Å²) in [4.78, 5) is 0. The number of halogens is 4. The molecule has 0 N–H and O–H groups in total. The molecule has 0 fully saturated rings. The first-order chi connectivity index (χ1) is 8.43. The molecule has 0 aliphatic carbocycles. The maximum Gasteiger partial charge on any atom is 0.387 e. The van der Waals surface area contributed by atoms with E-state index in [1.54, 1.807) is 12.1 Å². The highest BCUT2D eigenvalue weighted by Crippen LogP contribution is 2.28. The van der Waals surface area contributed by atoms with Gasteiger partial charge in [-0.2, -0.15) is 8.78 Å². The van der Waals surface area contributed by atoms with Crippen molar-refractivity contribution in [2.45, 2.75) is 20.5 Å². The van der Waals surface area contributed by atoms with Gasteiger partial charge in [-0.05, 0) is 24.1 Å². The van der Waals surface area contributed by atoms with Crippen molar-refractivity contribution >= 4 is 37.9 Å². The fraction of sp³-hybridized carbons (Fsp3) is 0.385. The van der Waals surface area contributed by atoms with Crippen LogP contribution in [0.5, 0.6) is 5.75 Å². The van der Waals surface area contributed by atoms with Crippen LogP contribution in [-0.2, 0) is 0 Å². The topological polar surface area (TPSA) is 9.23 Å². The Balaban J connectivity index is 3.16. The zero-order chi connectivity index (χ0) is 13.7. The first-order valence-electron chi connectivity index (χ1n) is 5.44. The van der Waals surface area contributed by atoms with E-state index in [1.807, 2.05) is 6.08 Å². The normalized spacial score (nSPS) is 12.3. The quantitative estimate of drug-likeness (QED) is 0.611. The zero-order valence-corrected chi connectivity index (χ0v) is 13.3. The molecule has 100 valence electrons. The Labute approximate surface area is 122 Å². The third-order valence-corrected chi connectivity index (χ3v) is 3.57. The third kappa shape index (κ3) is 4.69. The molecule has 0 radical (unpaired) electrons. The molecular formula is C13H14Br2F2O. The van der Waals surface area contributed by atoms with Crippen LogP contribution in [0.1, 0.15) is 19.4 Å². The van der Waals surface area contributed by atoms with Crippen molar-refractivity contribution in [3.05, 3.63) is 33.8 Å². The molecule has 0 unspecified atom stereocenters. The number of allylic oxidation sites excluding steroid dienone is 1. The van der Waals surface area contributed by atoms with Crippen LogP contribution >= 0.6 is 31.9 Å². The summed E-state index contributed by atoms with van der Waals surface area (Å²) in [5.74, 6) is 0.523. The lowest BCUT2D eigenvalue weighted by Gasteiger charge is -2.12. The van der Waals surface area contributed by atoms with Crippen molar-refractivity contribution in [2.75, 3.05) is 5.33 Å². The van der Waals surface area contributed by atoms with Gasteiger partial charge in [0.05, 0.1) is 0 Å². The van der Waals surface area contributed by atoms with Crippen LogP contribution in [0.3, 0.4) is 0 Å². The number of hydrogen-bond donors (Lipinski definition) is 0. The number of hydrogen-bond acceptors (Lipinski definition) is 1. The highest BCUT2D eigenvalue weighted by Gasteiger charge is 2.10. The lowest BCUT2D eigenvalue weighted by molar-refractivity contribution is -0.0500. The Morgan fingerprint density at radius 2 is 2.06 bits per heavy atom. The summed E-state index contributed by atoms with van der Waals surface area (Å²) >= 11 is 6.73. The second kappa shape index (κ2) is 7.24. The van der Waals surface area contributed by atoms with E-state index < -0.39 is 6.61 Å². The van der Waals surface area contributed by atoms with Crippen LogP contribution in [0.2, 0.25) is 0 Å². The predicted molar refractivity (Wildman–Crippen MR) is 77.4 cm³/mol. The average Bonchev–Trinajstić information content (AvgIpc) is 2.28. The first kappa shape index (κ1) is 15.6. The lowest BCUT2D eigenvalue weighted by Crippen LogP contribution is -2.04. The van der Waals surface area contributed by atoms with Gasteiger partial charge < -0.3 is 4.74 Å². The summed E-state index contributed by atoms with van der Waals surface area (Å²) in [7, 11) is 0. The fourth-order valence-corrected chi connectivity index (χ4v) is 2.58. The van der Waals surface area contributed by atoms with Crippen LogP contribution in [-0.4, -0.2) is 11.9 Å². The van der Waals surface area contributed by atoms with E-state index in [4.69, 9.17) is 0 Å².